The van der Waals surface area contributed by atoms with Crippen LogP contribution in [0, 0.1) is 0 Å². The zero-order chi connectivity index (χ0) is 12.8. The largest absolute Gasteiger partial charge is 0.487 e. The number of halogens is 1. The molecule has 0 aromatic carbocycles. The van der Waals surface area contributed by atoms with Crippen LogP contribution in [-0.2, 0) is 4.74 Å². The summed E-state index contributed by atoms with van der Waals surface area (Å²) in [5.41, 5.74) is 0. The van der Waals surface area contributed by atoms with E-state index < -0.39 is 0 Å². The molecule has 0 saturated heterocycles. The van der Waals surface area contributed by atoms with Crippen molar-refractivity contribution in [1.29, 1.82) is 0 Å². The molecule has 0 unspecified atom stereocenters. The Morgan fingerprint density at radius 1 is 0.824 bits per heavy atom. The molecule has 0 radical (unpaired) electrons. The molecule has 102 valence electrons. The van der Waals surface area contributed by atoms with E-state index in [2.05, 4.69) is 15.9 Å². The molecule has 0 aromatic rings. The molecule has 0 aliphatic rings. The second kappa shape index (κ2) is 14.4. The molecule has 0 N–H and O–H groups in total. The lowest BCUT2D eigenvalue weighted by molar-refractivity contribution is 0.297. The fourth-order valence-electron chi connectivity index (χ4n) is 1.83. The Morgan fingerprint density at radius 3 is 1.65 bits per heavy atom. The van der Waals surface area contributed by atoms with Gasteiger partial charge in [-0.25, -0.2) is 0 Å². The van der Waals surface area contributed by atoms with Crippen molar-refractivity contribution in [3.8, 4) is 0 Å². The van der Waals surface area contributed by atoms with Gasteiger partial charge in [0.25, 0.3) is 0 Å². The smallest absolute Gasteiger partial charge is 0.156 e. The lowest BCUT2D eigenvalue weighted by atomic mass is 10.1. The fourth-order valence-corrected chi connectivity index (χ4v) is 2.31. The van der Waals surface area contributed by atoms with E-state index in [9.17, 15) is 0 Å². The Hall–Kier alpha value is 0.370. The Labute approximate surface area is 121 Å². The summed E-state index contributed by atoms with van der Waals surface area (Å²) < 4.78 is 5.25. The van der Waals surface area contributed by atoms with Crippen molar-refractivity contribution in [2.75, 3.05) is 11.9 Å². The van der Waals surface area contributed by atoms with Crippen LogP contribution in [0.1, 0.15) is 71.1 Å². The summed E-state index contributed by atoms with van der Waals surface area (Å²) >= 11 is 8.31. The van der Waals surface area contributed by atoms with Crippen molar-refractivity contribution in [1.82, 2.24) is 0 Å². The molecule has 0 aliphatic heterocycles. The van der Waals surface area contributed by atoms with Crippen molar-refractivity contribution < 1.29 is 4.74 Å². The van der Waals surface area contributed by atoms with E-state index in [4.69, 9.17) is 17.0 Å². The molecule has 3 heteroatoms. The van der Waals surface area contributed by atoms with Crippen LogP contribution < -0.4 is 0 Å². The molecule has 0 bridgehead atoms. The highest BCUT2D eigenvalue weighted by Gasteiger charge is 1.93. The predicted molar refractivity (Wildman–Crippen MR) is 84.2 cm³/mol. The van der Waals surface area contributed by atoms with Crippen molar-refractivity contribution in [3.63, 3.8) is 0 Å². The minimum absolute atomic E-state index is 0.675. The molecular formula is C14H27BrOS. The first-order chi connectivity index (χ1) is 8.27. The van der Waals surface area contributed by atoms with Gasteiger partial charge in [-0.2, -0.15) is 0 Å². The van der Waals surface area contributed by atoms with E-state index in [1.165, 1.54) is 57.8 Å². The third-order valence-corrected chi connectivity index (χ3v) is 3.51. The quantitative estimate of drug-likeness (QED) is 0.261. The third kappa shape index (κ3) is 16.4. The van der Waals surface area contributed by atoms with E-state index in [1.54, 1.807) is 0 Å². The first-order valence-electron chi connectivity index (χ1n) is 6.96. The fraction of sp³-hybridized carbons (Fsp3) is 0.929. The van der Waals surface area contributed by atoms with Gasteiger partial charge in [0.2, 0.25) is 0 Å². The van der Waals surface area contributed by atoms with E-state index >= 15 is 0 Å². The predicted octanol–water partition coefficient (Wildman–Crippen LogP) is 5.65. The Morgan fingerprint density at radius 2 is 1.24 bits per heavy atom. The van der Waals surface area contributed by atoms with Crippen molar-refractivity contribution in [2.45, 2.75) is 71.1 Å². The van der Waals surface area contributed by atoms with Gasteiger partial charge in [-0.05, 0) is 25.1 Å². The lowest BCUT2D eigenvalue weighted by Crippen LogP contribution is -1.97. The maximum Gasteiger partial charge on any atom is 0.156 e. The maximum absolute atomic E-state index is 5.25. The molecule has 0 heterocycles. The summed E-state index contributed by atoms with van der Waals surface area (Å²) in [6.07, 6.45) is 13.5. The Bertz CT molecular complexity index is 174. The zero-order valence-corrected chi connectivity index (χ0v) is 13.6. The standard InChI is InChI=1S/C14H27BrOS/c1-14(17)16-13-11-9-7-5-3-2-4-6-8-10-12-15/h2-13H2,1H3. The number of unbranched alkanes of at least 4 members (excludes halogenated alkanes) is 9. The van der Waals surface area contributed by atoms with Crippen molar-refractivity contribution in [2.24, 2.45) is 0 Å². The highest BCUT2D eigenvalue weighted by atomic mass is 79.9. The first kappa shape index (κ1) is 17.4. The van der Waals surface area contributed by atoms with Crippen LogP contribution in [-0.4, -0.2) is 17.0 Å². The Kier molecular flexibility index (Phi) is 14.7. The molecule has 0 atom stereocenters. The van der Waals surface area contributed by atoms with E-state index in [0.29, 0.717) is 5.05 Å². The van der Waals surface area contributed by atoms with Gasteiger partial charge in [0.05, 0.1) is 6.61 Å². The molecule has 0 saturated carbocycles. The second-order valence-electron chi connectivity index (χ2n) is 4.56. The van der Waals surface area contributed by atoms with Gasteiger partial charge in [-0.3, -0.25) is 0 Å². The summed E-state index contributed by atoms with van der Waals surface area (Å²) in [6.45, 7) is 2.65. The van der Waals surface area contributed by atoms with E-state index in [1.807, 2.05) is 6.92 Å². The van der Waals surface area contributed by atoms with Crippen LogP contribution in [0.2, 0.25) is 0 Å². The van der Waals surface area contributed by atoms with Gasteiger partial charge in [-0.1, -0.05) is 67.3 Å². The van der Waals surface area contributed by atoms with Crippen molar-refractivity contribution in [3.05, 3.63) is 0 Å². The summed E-state index contributed by atoms with van der Waals surface area (Å²) in [4.78, 5) is 0. The topological polar surface area (TPSA) is 9.23 Å². The van der Waals surface area contributed by atoms with Gasteiger partial charge in [0.1, 0.15) is 0 Å². The van der Waals surface area contributed by atoms with Crippen molar-refractivity contribution >= 4 is 33.2 Å². The number of ether oxygens (including phenoxy) is 1. The van der Waals surface area contributed by atoms with Gasteiger partial charge < -0.3 is 4.74 Å². The average Bonchev–Trinajstić information content (AvgIpc) is 2.30. The summed E-state index contributed by atoms with van der Waals surface area (Å²) in [5, 5.41) is 1.84. The normalized spacial score (nSPS) is 10.5. The number of rotatable bonds is 12. The van der Waals surface area contributed by atoms with Crippen LogP contribution in [0.15, 0.2) is 0 Å². The molecule has 0 fully saturated rings. The summed E-state index contributed by atoms with van der Waals surface area (Å²) in [6, 6.07) is 0. The Balaban J connectivity index is 2.91. The minimum Gasteiger partial charge on any atom is -0.487 e. The number of hydrogen-bond acceptors (Lipinski definition) is 2. The monoisotopic (exact) mass is 322 g/mol. The van der Waals surface area contributed by atoms with E-state index in [0.717, 1.165) is 18.4 Å². The highest BCUT2D eigenvalue weighted by Crippen LogP contribution is 2.11. The van der Waals surface area contributed by atoms with Crippen LogP contribution in [0.3, 0.4) is 0 Å². The molecule has 1 nitrogen and oxygen atoms in total. The minimum atomic E-state index is 0.675. The SMILES string of the molecule is CC(=S)OCCCCCCCCCCCCBr. The van der Waals surface area contributed by atoms with Crippen LogP contribution in [0.4, 0.5) is 0 Å². The van der Waals surface area contributed by atoms with Crippen LogP contribution in [0.25, 0.3) is 0 Å². The number of hydrogen-bond donors (Lipinski definition) is 0. The van der Waals surface area contributed by atoms with Gasteiger partial charge in [0, 0.05) is 12.3 Å². The number of thiocarbonyl (C=S) groups is 1. The summed E-state index contributed by atoms with van der Waals surface area (Å²) in [7, 11) is 0. The highest BCUT2D eigenvalue weighted by molar-refractivity contribution is 9.09. The summed E-state index contributed by atoms with van der Waals surface area (Å²) in [5.74, 6) is 0. The average molecular weight is 323 g/mol. The third-order valence-electron chi connectivity index (χ3n) is 2.83. The molecule has 0 amide bonds. The van der Waals surface area contributed by atoms with Crippen LogP contribution >= 0.6 is 28.1 Å². The second-order valence-corrected chi connectivity index (χ2v) is 5.93. The molecule has 0 aliphatic carbocycles. The molecule has 0 rings (SSSR count). The van der Waals surface area contributed by atoms with Gasteiger partial charge in [-0.15, -0.1) is 0 Å². The molecule has 0 aromatic heterocycles. The zero-order valence-electron chi connectivity index (χ0n) is 11.2. The maximum atomic E-state index is 5.25. The lowest BCUT2D eigenvalue weighted by Gasteiger charge is -2.04. The first-order valence-corrected chi connectivity index (χ1v) is 8.49. The molecular weight excluding hydrogens is 296 g/mol. The number of alkyl halides is 1. The molecule has 0 spiro atoms. The van der Waals surface area contributed by atoms with E-state index in [-0.39, 0.29) is 0 Å². The van der Waals surface area contributed by atoms with Crippen LogP contribution in [0.5, 0.6) is 0 Å². The van der Waals surface area contributed by atoms with Gasteiger partial charge in [0.15, 0.2) is 5.05 Å². The van der Waals surface area contributed by atoms with Gasteiger partial charge >= 0.3 is 0 Å². The molecule has 17 heavy (non-hydrogen) atoms.